The first-order valence-electron chi connectivity index (χ1n) is 8.15. The van der Waals surface area contributed by atoms with Gasteiger partial charge in [-0.15, -0.1) is 0 Å². The molecule has 0 aliphatic carbocycles. The van der Waals surface area contributed by atoms with E-state index in [0.29, 0.717) is 24.6 Å². The number of aliphatic imine (C=N–C) groups is 1. The monoisotopic (exact) mass is 325 g/mol. The van der Waals surface area contributed by atoms with E-state index in [9.17, 15) is 8.78 Å². The van der Waals surface area contributed by atoms with Gasteiger partial charge >= 0.3 is 0 Å². The van der Waals surface area contributed by atoms with Gasteiger partial charge in [0, 0.05) is 33.3 Å². The van der Waals surface area contributed by atoms with Crippen molar-refractivity contribution in [1.29, 1.82) is 0 Å². The van der Waals surface area contributed by atoms with Crippen molar-refractivity contribution >= 4 is 5.96 Å². The van der Waals surface area contributed by atoms with E-state index in [2.05, 4.69) is 15.2 Å². The lowest BCUT2D eigenvalue weighted by Crippen LogP contribution is -2.47. The van der Waals surface area contributed by atoms with Gasteiger partial charge in [0.15, 0.2) is 5.96 Å². The molecular weight excluding hydrogens is 300 g/mol. The molecule has 1 aromatic carbocycles. The summed E-state index contributed by atoms with van der Waals surface area (Å²) < 4.78 is 32.4. The third-order valence-electron chi connectivity index (χ3n) is 4.04. The average molecular weight is 325 g/mol. The summed E-state index contributed by atoms with van der Waals surface area (Å²) in [6, 6.07) is 3.54. The second-order valence-corrected chi connectivity index (χ2v) is 5.60. The summed E-state index contributed by atoms with van der Waals surface area (Å²) in [6.45, 7) is 5.05. The van der Waals surface area contributed by atoms with Crippen molar-refractivity contribution in [3.05, 3.63) is 35.4 Å². The van der Waals surface area contributed by atoms with E-state index in [4.69, 9.17) is 4.74 Å². The van der Waals surface area contributed by atoms with Crippen LogP contribution in [0.4, 0.5) is 8.78 Å². The van der Waals surface area contributed by atoms with Crippen LogP contribution in [0.25, 0.3) is 0 Å². The van der Waals surface area contributed by atoms with Gasteiger partial charge < -0.3 is 15.0 Å². The summed E-state index contributed by atoms with van der Waals surface area (Å²) >= 11 is 0. The molecular formula is C17H25F2N3O. The van der Waals surface area contributed by atoms with Gasteiger partial charge in [-0.05, 0) is 49.9 Å². The third kappa shape index (κ3) is 5.16. The van der Waals surface area contributed by atoms with Crippen LogP contribution >= 0.6 is 0 Å². The van der Waals surface area contributed by atoms with Gasteiger partial charge in [-0.3, -0.25) is 4.99 Å². The highest BCUT2D eigenvalue weighted by atomic mass is 19.1. The second-order valence-electron chi connectivity index (χ2n) is 5.60. The highest BCUT2D eigenvalue weighted by Gasteiger charge is 2.21. The Morgan fingerprint density at radius 2 is 2.09 bits per heavy atom. The van der Waals surface area contributed by atoms with E-state index in [1.54, 1.807) is 7.05 Å². The fourth-order valence-corrected chi connectivity index (χ4v) is 2.85. The Kier molecular flexibility index (Phi) is 6.77. The van der Waals surface area contributed by atoms with E-state index in [0.717, 1.165) is 50.6 Å². The highest BCUT2D eigenvalue weighted by Crippen LogP contribution is 2.14. The van der Waals surface area contributed by atoms with Crippen LogP contribution in [-0.2, 0) is 11.2 Å². The minimum atomic E-state index is -0.413. The molecule has 0 amide bonds. The summed E-state index contributed by atoms with van der Waals surface area (Å²) in [4.78, 5) is 6.45. The number of likely N-dealkylation sites (tertiary alicyclic amines) is 1. The van der Waals surface area contributed by atoms with Gasteiger partial charge in [-0.25, -0.2) is 8.78 Å². The van der Waals surface area contributed by atoms with Gasteiger partial charge in [0.25, 0.3) is 0 Å². The van der Waals surface area contributed by atoms with E-state index in [-0.39, 0.29) is 5.82 Å². The first kappa shape index (κ1) is 17.7. The van der Waals surface area contributed by atoms with Crippen molar-refractivity contribution in [3.63, 3.8) is 0 Å². The molecule has 1 aliphatic heterocycles. The second kappa shape index (κ2) is 8.82. The van der Waals surface area contributed by atoms with Crippen LogP contribution in [0, 0.1) is 11.6 Å². The Labute approximate surface area is 136 Å². The summed E-state index contributed by atoms with van der Waals surface area (Å²) in [6.07, 6.45) is 2.70. The quantitative estimate of drug-likeness (QED) is 0.668. The summed E-state index contributed by atoms with van der Waals surface area (Å²) in [5, 5.41) is 3.23. The maximum atomic E-state index is 13.6. The lowest BCUT2D eigenvalue weighted by atomic mass is 10.1. The number of nitrogens with zero attached hydrogens (tertiary/aromatic N) is 2. The number of ether oxygens (including phenoxy) is 1. The molecule has 0 saturated carbocycles. The molecule has 23 heavy (non-hydrogen) atoms. The molecule has 1 heterocycles. The van der Waals surface area contributed by atoms with Gasteiger partial charge in [0.1, 0.15) is 11.6 Å². The number of nitrogens with one attached hydrogen (secondary N) is 1. The molecule has 1 aromatic rings. The van der Waals surface area contributed by atoms with Crippen molar-refractivity contribution in [1.82, 2.24) is 10.2 Å². The predicted octanol–water partition coefficient (Wildman–Crippen LogP) is 2.58. The first-order valence-corrected chi connectivity index (χ1v) is 8.15. The van der Waals surface area contributed by atoms with Gasteiger partial charge in [-0.2, -0.15) is 0 Å². The summed E-state index contributed by atoms with van der Waals surface area (Å²) in [7, 11) is 1.74. The van der Waals surface area contributed by atoms with Crippen LogP contribution in [0.5, 0.6) is 0 Å². The molecule has 0 aromatic heterocycles. The van der Waals surface area contributed by atoms with Gasteiger partial charge in [0.2, 0.25) is 0 Å². The largest absolute Gasteiger partial charge is 0.378 e. The standard InChI is InChI=1S/C17H25F2N3O/c1-3-23-15-7-10-22(11-8-15)17(20-2)21-9-6-13-12-14(18)4-5-16(13)19/h4-5,12,15H,3,6-11H2,1-2H3,(H,20,21). The van der Waals surface area contributed by atoms with Crippen LogP contribution in [0.2, 0.25) is 0 Å². The van der Waals surface area contributed by atoms with Crippen LogP contribution < -0.4 is 5.32 Å². The number of guanidine groups is 1. The van der Waals surface area contributed by atoms with Crippen molar-refractivity contribution in [3.8, 4) is 0 Å². The number of benzene rings is 1. The van der Waals surface area contributed by atoms with E-state index in [1.165, 1.54) is 6.07 Å². The van der Waals surface area contributed by atoms with E-state index < -0.39 is 5.82 Å². The molecule has 1 fully saturated rings. The fraction of sp³-hybridized carbons (Fsp3) is 0.588. The molecule has 0 radical (unpaired) electrons. The Bertz CT molecular complexity index is 529. The number of hydrogen-bond donors (Lipinski definition) is 1. The Balaban J connectivity index is 1.81. The molecule has 6 heteroatoms. The minimum Gasteiger partial charge on any atom is -0.378 e. The molecule has 1 aliphatic rings. The third-order valence-corrected chi connectivity index (χ3v) is 4.04. The van der Waals surface area contributed by atoms with Gasteiger partial charge in [-0.1, -0.05) is 0 Å². The zero-order valence-corrected chi connectivity index (χ0v) is 13.8. The van der Waals surface area contributed by atoms with Crippen LogP contribution in [-0.4, -0.2) is 50.3 Å². The molecule has 0 atom stereocenters. The van der Waals surface area contributed by atoms with E-state index >= 15 is 0 Å². The molecule has 0 spiro atoms. The lowest BCUT2D eigenvalue weighted by molar-refractivity contribution is 0.0264. The minimum absolute atomic E-state index is 0.329. The number of piperidine rings is 1. The Morgan fingerprint density at radius 3 is 2.74 bits per heavy atom. The van der Waals surface area contributed by atoms with Crippen molar-refractivity contribution in [2.24, 2.45) is 4.99 Å². The zero-order chi connectivity index (χ0) is 16.7. The average Bonchev–Trinajstić information content (AvgIpc) is 2.56. The van der Waals surface area contributed by atoms with Crippen LogP contribution in [0.1, 0.15) is 25.3 Å². The smallest absolute Gasteiger partial charge is 0.193 e. The summed E-state index contributed by atoms with van der Waals surface area (Å²) in [5.74, 6) is 0.0151. The lowest BCUT2D eigenvalue weighted by Gasteiger charge is -2.34. The maximum absolute atomic E-state index is 13.6. The molecule has 128 valence electrons. The predicted molar refractivity (Wildman–Crippen MR) is 87.6 cm³/mol. The van der Waals surface area contributed by atoms with Crippen LogP contribution in [0.15, 0.2) is 23.2 Å². The van der Waals surface area contributed by atoms with E-state index in [1.807, 2.05) is 6.92 Å². The fourth-order valence-electron chi connectivity index (χ4n) is 2.85. The molecule has 4 nitrogen and oxygen atoms in total. The topological polar surface area (TPSA) is 36.9 Å². The SMILES string of the molecule is CCOC1CCN(C(=NC)NCCc2cc(F)ccc2F)CC1. The van der Waals surface area contributed by atoms with Crippen molar-refractivity contribution in [2.75, 3.05) is 33.3 Å². The van der Waals surface area contributed by atoms with Crippen LogP contribution in [0.3, 0.4) is 0 Å². The van der Waals surface area contributed by atoms with Crippen molar-refractivity contribution in [2.45, 2.75) is 32.3 Å². The highest BCUT2D eigenvalue weighted by molar-refractivity contribution is 5.79. The number of halogens is 2. The normalized spacial score (nSPS) is 16.7. The molecule has 1 saturated heterocycles. The Morgan fingerprint density at radius 1 is 1.35 bits per heavy atom. The van der Waals surface area contributed by atoms with Crippen molar-refractivity contribution < 1.29 is 13.5 Å². The zero-order valence-electron chi connectivity index (χ0n) is 13.8. The molecule has 1 N–H and O–H groups in total. The first-order chi connectivity index (χ1) is 11.1. The number of hydrogen-bond acceptors (Lipinski definition) is 2. The Hall–Kier alpha value is -1.69. The van der Waals surface area contributed by atoms with Gasteiger partial charge in [0.05, 0.1) is 6.10 Å². The number of rotatable bonds is 5. The molecule has 2 rings (SSSR count). The maximum Gasteiger partial charge on any atom is 0.193 e. The summed E-state index contributed by atoms with van der Waals surface area (Å²) in [5.41, 5.74) is 0.378. The molecule has 0 unspecified atom stereocenters. The molecule has 0 bridgehead atoms.